The van der Waals surface area contributed by atoms with E-state index in [0.29, 0.717) is 18.1 Å². The van der Waals surface area contributed by atoms with Crippen LogP contribution in [0.25, 0.3) is 6.08 Å². The third-order valence-corrected chi connectivity index (χ3v) is 10.8. The molecule has 0 aliphatic heterocycles. The van der Waals surface area contributed by atoms with Gasteiger partial charge in [-0.1, -0.05) is 179 Å². The van der Waals surface area contributed by atoms with Crippen molar-refractivity contribution in [1.82, 2.24) is 0 Å². The second-order valence-electron chi connectivity index (χ2n) is 15.7. The van der Waals surface area contributed by atoms with Crippen molar-refractivity contribution >= 4 is 12.0 Å². The minimum absolute atomic E-state index is 0.0774. The fourth-order valence-electron chi connectivity index (χ4n) is 7.26. The van der Waals surface area contributed by atoms with Gasteiger partial charge in [-0.05, 0) is 60.7 Å². The number of carbonyl (C=O) groups is 1. The van der Waals surface area contributed by atoms with Crippen molar-refractivity contribution in [3.05, 3.63) is 53.6 Å². The molecule has 0 unspecified atom stereocenters. The summed E-state index contributed by atoms with van der Waals surface area (Å²) in [6, 6.07) is 10.4. The minimum Gasteiger partial charge on any atom is -0.504 e. The smallest absolute Gasteiger partial charge is 0.330 e. The van der Waals surface area contributed by atoms with E-state index in [9.17, 15) is 15.0 Å². The molecule has 7 heteroatoms. The van der Waals surface area contributed by atoms with Crippen molar-refractivity contribution < 1.29 is 34.0 Å². The molecule has 0 fully saturated rings. The average molecular weight is 781 g/mol. The monoisotopic (exact) mass is 781 g/mol. The molecule has 0 aromatic heterocycles. The van der Waals surface area contributed by atoms with Crippen LogP contribution in [0, 0.1) is 0 Å². The van der Waals surface area contributed by atoms with E-state index in [1.165, 1.54) is 174 Å². The molecular formula is C49H80O7. The van der Waals surface area contributed by atoms with Crippen LogP contribution in [0.15, 0.2) is 42.5 Å². The lowest BCUT2D eigenvalue weighted by atomic mass is 10.0. The first-order valence-electron chi connectivity index (χ1n) is 22.7. The average Bonchev–Trinajstić information content (AvgIpc) is 3.21. The zero-order valence-corrected chi connectivity index (χ0v) is 35.7. The van der Waals surface area contributed by atoms with Crippen LogP contribution < -0.4 is 9.47 Å². The van der Waals surface area contributed by atoms with Crippen LogP contribution in [0.5, 0.6) is 23.0 Å². The van der Waals surface area contributed by atoms with Gasteiger partial charge in [-0.15, -0.1) is 0 Å². The van der Waals surface area contributed by atoms with Gasteiger partial charge in [0, 0.05) is 12.7 Å². The van der Waals surface area contributed by atoms with E-state index in [2.05, 4.69) is 0 Å². The van der Waals surface area contributed by atoms with Gasteiger partial charge in [0.05, 0.1) is 27.4 Å². The van der Waals surface area contributed by atoms with Gasteiger partial charge in [-0.3, -0.25) is 0 Å². The van der Waals surface area contributed by atoms with E-state index in [4.69, 9.17) is 18.9 Å². The summed E-state index contributed by atoms with van der Waals surface area (Å²) in [7, 11) is 3.08. The normalized spacial score (nSPS) is 11.4. The maximum absolute atomic E-state index is 11.9. The van der Waals surface area contributed by atoms with E-state index < -0.39 is 0 Å². The van der Waals surface area contributed by atoms with Crippen LogP contribution >= 0.6 is 0 Å². The number of phenolic OH excluding ortho intramolecular Hbond substituents is 2. The van der Waals surface area contributed by atoms with Gasteiger partial charge in [-0.2, -0.15) is 0 Å². The Balaban J connectivity index is 1.19. The summed E-state index contributed by atoms with van der Waals surface area (Å²) in [6.45, 7) is 2.02. The molecule has 56 heavy (non-hydrogen) atoms. The Hall–Kier alpha value is -3.19. The van der Waals surface area contributed by atoms with Crippen LogP contribution in [-0.4, -0.2) is 50.2 Å². The van der Waals surface area contributed by atoms with Gasteiger partial charge < -0.3 is 29.2 Å². The molecule has 2 aromatic rings. The van der Waals surface area contributed by atoms with Gasteiger partial charge in [0.1, 0.15) is 0 Å². The number of hydrogen-bond acceptors (Lipinski definition) is 7. The Morgan fingerprint density at radius 2 is 0.857 bits per heavy atom. The zero-order chi connectivity index (χ0) is 40.2. The molecule has 0 bridgehead atoms. The second-order valence-corrected chi connectivity index (χ2v) is 15.7. The molecule has 2 N–H and O–H groups in total. The fraction of sp³-hybridized carbons (Fsp3) is 0.694. The molecule has 0 heterocycles. The van der Waals surface area contributed by atoms with E-state index in [0.717, 1.165) is 50.0 Å². The van der Waals surface area contributed by atoms with Crippen molar-refractivity contribution in [1.29, 1.82) is 0 Å². The van der Waals surface area contributed by atoms with E-state index in [1.807, 2.05) is 12.1 Å². The predicted octanol–water partition coefficient (Wildman–Crippen LogP) is 13.9. The number of esters is 1. The highest BCUT2D eigenvalue weighted by Gasteiger charge is 2.04. The summed E-state index contributed by atoms with van der Waals surface area (Å²) in [5.41, 5.74) is 1.90. The zero-order valence-electron chi connectivity index (χ0n) is 35.7. The molecule has 0 atom stereocenters. The third kappa shape index (κ3) is 26.6. The summed E-state index contributed by atoms with van der Waals surface area (Å²) in [5.74, 6) is 0.832. The summed E-state index contributed by atoms with van der Waals surface area (Å²) in [4.78, 5) is 11.9. The first-order chi connectivity index (χ1) is 27.5. The number of unbranched alkanes of at least 4 members (excludes halogenated alkanes) is 27. The van der Waals surface area contributed by atoms with Gasteiger partial charge in [0.15, 0.2) is 23.0 Å². The van der Waals surface area contributed by atoms with Crippen molar-refractivity contribution in [2.24, 2.45) is 0 Å². The molecule has 318 valence electrons. The number of methoxy groups -OCH3 is 2. The lowest BCUT2D eigenvalue weighted by Crippen LogP contribution is -2.02. The molecule has 0 spiro atoms. The molecule has 2 aromatic carbocycles. The molecule has 2 rings (SSSR count). The molecule has 0 aliphatic rings. The van der Waals surface area contributed by atoms with Gasteiger partial charge >= 0.3 is 5.97 Å². The van der Waals surface area contributed by atoms with Crippen LogP contribution in [0.2, 0.25) is 0 Å². The van der Waals surface area contributed by atoms with Gasteiger partial charge in [0.2, 0.25) is 0 Å². The maximum Gasteiger partial charge on any atom is 0.330 e. The van der Waals surface area contributed by atoms with E-state index in [-0.39, 0.29) is 17.5 Å². The molecule has 0 aliphatic carbocycles. The molecule has 0 saturated heterocycles. The van der Waals surface area contributed by atoms with Crippen LogP contribution in [0.3, 0.4) is 0 Å². The first-order valence-corrected chi connectivity index (χ1v) is 22.7. The number of hydrogen-bond donors (Lipinski definition) is 2. The minimum atomic E-state index is -0.337. The molecule has 0 amide bonds. The Morgan fingerprint density at radius 3 is 1.29 bits per heavy atom. The fourth-order valence-corrected chi connectivity index (χ4v) is 7.26. The third-order valence-electron chi connectivity index (χ3n) is 10.8. The van der Waals surface area contributed by atoms with Crippen molar-refractivity contribution in [3.63, 3.8) is 0 Å². The Labute approximate surface area is 342 Å². The number of carbonyl (C=O) groups excluding carboxylic acids is 1. The standard InChI is InChI=1S/C49H80O7/c1-53-47-41-43(31-34-45(47)50)33-36-49(52)56-39-30-28-26-24-22-20-18-16-14-12-10-8-6-4-3-5-7-9-11-13-15-17-19-21-23-25-27-29-38-55-40-37-44-32-35-46(51)48(42-44)54-2/h31-36,41-42,50-51H,3-30,37-40H2,1-2H3. The Morgan fingerprint density at radius 1 is 0.482 bits per heavy atom. The number of phenols is 2. The highest BCUT2D eigenvalue weighted by Crippen LogP contribution is 2.27. The highest BCUT2D eigenvalue weighted by molar-refractivity contribution is 5.87. The Kier molecular flexibility index (Phi) is 30.6. The van der Waals surface area contributed by atoms with E-state index >= 15 is 0 Å². The lowest BCUT2D eigenvalue weighted by Gasteiger charge is -2.07. The Bertz CT molecular complexity index is 1260. The quantitative estimate of drug-likeness (QED) is 0.0398. The first kappa shape index (κ1) is 49.0. The van der Waals surface area contributed by atoms with Crippen molar-refractivity contribution in [3.8, 4) is 23.0 Å². The molecule has 0 radical (unpaired) electrons. The summed E-state index contributed by atoms with van der Waals surface area (Å²) < 4.78 is 21.4. The number of rotatable bonds is 38. The van der Waals surface area contributed by atoms with E-state index in [1.54, 1.807) is 37.5 Å². The highest BCUT2D eigenvalue weighted by atomic mass is 16.5. The number of benzene rings is 2. The second kappa shape index (κ2) is 35.0. The van der Waals surface area contributed by atoms with Crippen LogP contribution in [0.4, 0.5) is 0 Å². The largest absolute Gasteiger partial charge is 0.504 e. The summed E-state index contributed by atoms with van der Waals surface area (Å²) in [5, 5.41) is 19.4. The molecule has 0 saturated carbocycles. The molecule has 7 nitrogen and oxygen atoms in total. The van der Waals surface area contributed by atoms with Crippen molar-refractivity contribution in [2.75, 3.05) is 34.0 Å². The number of aromatic hydroxyl groups is 2. The van der Waals surface area contributed by atoms with Gasteiger partial charge in [-0.25, -0.2) is 4.79 Å². The summed E-state index contributed by atoms with van der Waals surface area (Å²) in [6.07, 6.45) is 41.7. The van der Waals surface area contributed by atoms with Crippen LogP contribution in [-0.2, 0) is 20.7 Å². The predicted molar refractivity (Wildman–Crippen MR) is 233 cm³/mol. The summed E-state index contributed by atoms with van der Waals surface area (Å²) >= 11 is 0. The van der Waals surface area contributed by atoms with Crippen LogP contribution in [0.1, 0.15) is 191 Å². The van der Waals surface area contributed by atoms with Crippen molar-refractivity contribution in [2.45, 2.75) is 186 Å². The maximum atomic E-state index is 11.9. The lowest BCUT2D eigenvalue weighted by molar-refractivity contribution is -0.137. The van der Waals surface area contributed by atoms with Gasteiger partial charge in [0.25, 0.3) is 0 Å². The number of ether oxygens (including phenoxy) is 4. The molecular weight excluding hydrogens is 701 g/mol. The SMILES string of the molecule is COc1cc(C=CC(=O)OCCCCCCCCCCCCCCCCCCCCCCCCCCCCCCOCCc2ccc(O)c(OC)c2)ccc1O. The topological polar surface area (TPSA) is 94.5 Å².